The smallest absolute Gasteiger partial charge is 0.287 e. The largest absolute Gasteiger partial charge is 0.394 e. The number of nitrogens with one attached hydrogen (secondary N) is 1. The van der Waals surface area contributed by atoms with Crippen LogP contribution in [0.15, 0.2) is 18.2 Å². The molecule has 2 aliphatic rings. The SMILES string of the molecule is CC1(C)O[C@@H]2[C@H](O1)[C@@H](Nc1cccc(C(C)(F)F)n1)CO[C@@H]2CO. The van der Waals surface area contributed by atoms with E-state index in [1.165, 1.54) is 12.1 Å². The van der Waals surface area contributed by atoms with Crippen LogP contribution in [0.3, 0.4) is 0 Å². The molecule has 8 heteroatoms. The lowest BCUT2D eigenvalue weighted by Crippen LogP contribution is -2.55. The molecule has 0 spiro atoms. The number of aliphatic hydroxyl groups is 1. The molecule has 0 aromatic carbocycles. The molecule has 0 radical (unpaired) electrons. The molecule has 1 aromatic rings. The standard InChI is InChI=1S/C16H22F2N2O4/c1-15(2)23-13-9(8-22-10(7-21)14(13)24-15)19-12-6-4-5-11(20-12)16(3,17)18/h4-6,9-10,13-14,21H,7-8H2,1-3H3,(H,19,20)/t9-,10+,13+,14-/m0/s1. The first-order valence-electron chi connectivity index (χ1n) is 7.89. The molecule has 2 saturated heterocycles. The summed E-state index contributed by atoms with van der Waals surface area (Å²) in [6, 6.07) is 4.10. The van der Waals surface area contributed by atoms with Gasteiger partial charge < -0.3 is 24.6 Å². The van der Waals surface area contributed by atoms with Crippen molar-refractivity contribution in [3.63, 3.8) is 0 Å². The highest BCUT2D eigenvalue weighted by molar-refractivity contribution is 5.38. The van der Waals surface area contributed by atoms with Gasteiger partial charge in [0.05, 0.1) is 19.3 Å². The predicted octanol–water partition coefficient (Wildman–Crippen LogP) is 1.89. The fraction of sp³-hybridized carbons (Fsp3) is 0.688. The van der Waals surface area contributed by atoms with Crippen LogP contribution in [0.1, 0.15) is 26.5 Å². The van der Waals surface area contributed by atoms with Crippen LogP contribution in [-0.2, 0) is 20.1 Å². The first kappa shape index (κ1) is 17.5. The molecule has 3 rings (SSSR count). The molecule has 2 N–H and O–H groups in total. The van der Waals surface area contributed by atoms with Crippen molar-refractivity contribution in [2.45, 2.75) is 56.8 Å². The summed E-state index contributed by atoms with van der Waals surface area (Å²) in [5.74, 6) is -3.50. The van der Waals surface area contributed by atoms with Crippen molar-refractivity contribution in [2.24, 2.45) is 0 Å². The molecule has 0 saturated carbocycles. The number of pyridine rings is 1. The third kappa shape index (κ3) is 3.51. The second-order valence-corrected chi connectivity index (χ2v) is 6.67. The molecular formula is C16H22F2N2O4. The first-order valence-corrected chi connectivity index (χ1v) is 7.89. The average molecular weight is 344 g/mol. The number of anilines is 1. The molecule has 0 aliphatic carbocycles. The maximum Gasteiger partial charge on any atom is 0.287 e. The summed E-state index contributed by atoms with van der Waals surface area (Å²) in [7, 11) is 0. The molecular weight excluding hydrogens is 322 g/mol. The highest BCUT2D eigenvalue weighted by Crippen LogP contribution is 2.36. The van der Waals surface area contributed by atoms with Crippen molar-refractivity contribution in [3.8, 4) is 0 Å². The van der Waals surface area contributed by atoms with Crippen LogP contribution in [0.4, 0.5) is 14.6 Å². The van der Waals surface area contributed by atoms with Crippen LogP contribution < -0.4 is 5.32 Å². The highest BCUT2D eigenvalue weighted by atomic mass is 19.3. The van der Waals surface area contributed by atoms with Crippen LogP contribution in [0.5, 0.6) is 0 Å². The quantitative estimate of drug-likeness (QED) is 0.869. The van der Waals surface area contributed by atoms with Gasteiger partial charge in [-0.3, -0.25) is 0 Å². The number of ether oxygens (including phenoxy) is 3. The molecule has 0 amide bonds. The lowest BCUT2D eigenvalue weighted by atomic mass is 9.98. The van der Waals surface area contributed by atoms with Crippen LogP contribution in [0.2, 0.25) is 0 Å². The zero-order valence-corrected chi connectivity index (χ0v) is 13.8. The van der Waals surface area contributed by atoms with Crippen LogP contribution in [0.25, 0.3) is 0 Å². The molecule has 24 heavy (non-hydrogen) atoms. The van der Waals surface area contributed by atoms with E-state index in [0.29, 0.717) is 5.82 Å². The van der Waals surface area contributed by atoms with Crippen molar-refractivity contribution < 1.29 is 28.1 Å². The van der Waals surface area contributed by atoms with Gasteiger partial charge in [0.1, 0.15) is 29.8 Å². The Hall–Kier alpha value is -1.35. The number of hydrogen-bond acceptors (Lipinski definition) is 6. The normalized spacial score (nSPS) is 32.4. The fourth-order valence-corrected chi connectivity index (χ4v) is 3.06. The van der Waals surface area contributed by atoms with E-state index in [4.69, 9.17) is 14.2 Å². The topological polar surface area (TPSA) is 72.8 Å². The van der Waals surface area contributed by atoms with Gasteiger partial charge in [-0.1, -0.05) is 6.07 Å². The second kappa shape index (κ2) is 6.18. The Morgan fingerprint density at radius 1 is 1.33 bits per heavy atom. The lowest BCUT2D eigenvalue weighted by molar-refractivity contribution is -0.157. The number of rotatable bonds is 4. The molecule has 2 fully saturated rings. The van der Waals surface area contributed by atoms with Gasteiger partial charge >= 0.3 is 0 Å². The van der Waals surface area contributed by atoms with Gasteiger partial charge in [0.2, 0.25) is 0 Å². The summed E-state index contributed by atoms with van der Waals surface area (Å²) in [5, 5.41) is 12.5. The number of alkyl halides is 2. The van der Waals surface area contributed by atoms with Crippen LogP contribution in [0, 0.1) is 0 Å². The zero-order valence-electron chi connectivity index (χ0n) is 13.8. The lowest BCUT2D eigenvalue weighted by Gasteiger charge is -2.36. The molecule has 0 unspecified atom stereocenters. The van der Waals surface area contributed by atoms with Gasteiger partial charge in [-0.25, -0.2) is 4.98 Å². The number of nitrogens with zero attached hydrogens (tertiary/aromatic N) is 1. The van der Waals surface area contributed by atoms with Crippen molar-refractivity contribution in [2.75, 3.05) is 18.5 Å². The Bertz CT molecular complexity index is 594. The average Bonchev–Trinajstić information content (AvgIpc) is 2.83. The first-order chi connectivity index (χ1) is 11.2. The second-order valence-electron chi connectivity index (χ2n) is 6.67. The Balaban J connectivity index is 1.78. The van der Waals surface area contributed by atoms with Crippen LogP contribution >= 0.6 is 0 Å². The van der Waals surface area contributed by atoms with E-state index >= 15 is 0 Å². The number of aromatic nitrogens is 1. The molecule has 2 aliphatic heterocycles. The zero-order chi connectivity index (χ0) is 17.5. The summed E-state index contributed by atoms with van der Waals surface area (Å²) >= 11 is 0. The van der Waals surface area contributed by atoms with Gasteiger partial charge in [0.25, 0.3) is 5.92 Å². The third-order valence-electron chi connectivity index (χ3n) is 4.13. The van der Waals surface area contributed by atoms with Gasteiger partial charge in [-0.2, -0.15) is 8.78 Å². The Morgan fingerprint density at radius 2 is 2.04 bits per heavy atom. The number of hydrogen-bond donors (Lipinski definition) is 2. The minimum absolute atomic E-state index is 0.177. The summed E-state index contributed by atoms with van der Waals surface area (Å²) in [4.78, 5) is 3.97. The van der Waals surface area contributed by atoms with E-state index in [1.807, 2.05) is 0 Å². The molecule has 3 heterocycles. The number of aliphatic hydroxyl groups excluding tert-OH is 1. The van der Waals surface area contributed by atoms with Gasteiger partial charge in [-0.15, -0.1) is 0 Å². The Morgan fingerprint density at radius 3 is 2.71 bits per heavy atom. The summed E-state index contributed by atoms with van der Waals surface area (Å²) in [6.07, 6.45) is -1.29. The van der Waals surface area contributed by atoms with E-state index in [2.05, 4.69) is 10.3 Å². The molecule has 6 nitrogen and oxygen atoms in total. The highest BCUT2D eigenvalue weighted by Gasteiger charge is 2.51. The van der Waals surface area contributed by atoms with Crippen molar-refractivity contribution in [1.82, 2.24) is 4.98 Å². The Labute approximate surface area is 139 Å². The monoisotopic (exact) mass is 344 g/mol. The predicted molar refractivity (Wildman–Crippen MR) is 81.9 cm³/mol. The molecule has 0 bridgehead atoms. The van der Waals surface area contributed by atoms with E-state index < -0.39 is 23.9 Å². The summed E-state index contributed by atoms with van der Waals surface area (Å²) in [5.41, 5.74) is -0.307. The van der Waals surface area contributed by atoms with Crippen molar-refractivity contribution >= 4 is 5.82 Å². The van der Waals surface area contributed by atoms with Crippen molar-refractivity contribution in [3.05, 3.63) is 23.9 Å². The maximum absolute atomic E-state index is 13.4. The number of halogens is 2. The summed E-state index contributed by atoms with van der Waals surface area (Å²) < 4.78 is 44.2. The van der Waals surface area contributed by atoms with Crippen molar-refractivity contribution in [1.29, 1.82) is 0 Å². The van der Waals surface area contributed by atoms with E-state index in [0.717, 1.165) is 6.92 Å². The molecule has 134 valence electrons. The molecule has 4 atom stereocenters. The Kier molecular flexibility index (Phi) is 4.50. The minimum Gasteiger partial charge on any atom is -0.394 e. The fourth-order valence-electron chi connectivity index (χ4n) is 3.06. The summed E-state index contributed by atoms with van der Waals surface area (Å²) in [6.45, 7) is 4.45. The minimum atomic E-state index is -3.01. The third-order valence-corrected chi connectivity index (χ3v) is 4.13. The maximum atomic E-state index is 13.4. The van der Waals surface area contributed by atoms with Gasteiger partial charge in [0, 0.05) is 6.92 Å². The van der Waals surface area contributed by atoms with Gasteiger partial charge in [-0.05, 0) is 26.0 Å². The van der Waals surface area contributed by atoms with E-state index in [-0.39, 0.29) is 31.1 Å². The molecule has 1 aromatic heterocycles. The van der Waals surface area contributed by atoms with E-state index in [1.54, 1.807) is 19.9 Å². The van der Waals surface area contributed by atoms with Gasteiger partial charge in [0.15, 0.2) is 5.79 Å². The van der Waals surface area contributed by atoms with E-state index in [9.17, 15) is 13.9 Å². The number of fused-ring (bicyclic) bond motifs is 1. The van der Waals surface area contributed by atoms with Crippen LogP contribution in [-0.4, -0.2) is 53.4 Å².